The fourth-order valence-electron chi connectivity index (χ4n) is 2.89. The molecule has 0 radical (unpaired) electrons. The molecule has 6 heteroatoms. The minimum Gasteiger partial charge on any atom is -0.355 e. The Morgan fingerprint density at radius 2 is 2.13 bits per heavy atom. The molecule has 0 saturated carbocycles. The van der Waals surface area contributed by atoms with E-state index in [2.05, 4.69) is 38.1 Å². The maximum atomic E-state index is 8.87. The lowest BCUT2D eigenvalue weighted by Gasteiger charge is -2.38. The van der Waals surface area contributed by atoms with E-state index >= 15 is 0 Å². The molecule has 3 rings (SSSR count). The molecule has 1 atom stereocenters. The molecule has 1 saturated heterocycles. The predicted octanol–water partition coefficient (Wildman–Crippen LogP) is 2.16. The van der Waals surface area contributed by atoms with Gasteiger partial charge in [0, 0.05) is 32.4 Å². The van der Waals surface area contributed by atoms with Crippen LogP contribution in [0, 0.1) is 18.3 Å². The summed E-state index contributed by atoms with van der Waals surface area (Å²) in [5.41, 5.74) is 1.52. The first-order chi connectivity index (χ1) is 11.2. The van der Waals surface area contributed by atoms with Gasteiger partial charge in [0.2, 0.25) is 0 Å². The Hall–Kier alpha value is -2.68. The molecule has 0 N–H and O–H groups in total. The largest absolute Gasteiger partial charge is 0.355 e. The van der Waals surface area contributed by atoms with Gasteiger partial charge in [-0.15, -0.1) is 5.10 Å². The molecule has 0 bridgehead atoms. The summed E-state index contributed by atoms with van der Waals surface area (Å²) >= 11 is 0. The number of nitriles is 1. The number of anilines is 2. The summed E-state index contributed by atoms with van der Waals surface area (Å²) in [6, 6.07) is 10.2. The average molecular weight is 308 g/mol. The highest BCUT2D eigenvalue weighted by atomic mass is 15.3. The van der Waals surface area contributed by atoms with Crippen LogP contribution in [-0.4, -0.2) is 41.4 Å². The summed E-state index contributed by atoms with van der Waals surface area (Å²) in [5.74, 6) is 1.83. The summed E-state index contributed by atoms with van der Waals surface area (Å²) in [6.07, 6.45) is 3.85. The molecule has 2 aromatic heterocycles. The van der Waals surface area contributed by atoms with Crippen molar-refractivity contribution in [3.63, 3.8) is 0 Å². The van der Waals surface area contributed by atoms with Crippen molar-refractivity contribution in [2.45, 2.75) is 25.8 Å². The number of piperidine rings is 1. The highest BCUT2D eigenvalue weighted by Gasteiger charge is 2.25. The fraction of sp³-hybridized carbons (Fsp3) is 0.412. The second-order valence-corrected chi connectivity index (χ2v) is 5.90. The summed E-state index contributed by atoms with van der Waals surface area (Å²) in [5, 5.41) is 17.3. The minimum atomic E-state index is 0.368. The predicted molar refractivity (Wildman–Crippen MR) is 89.4 cm³/mol. The molecule has 2 aromatic rings. The smallest absolute Gasteiger partial charge is 0.151 e. The number of likely N-dealkylation sites (N-methyl/N-ethyl adjacent to an activating group) is 1. The highest BCUT2D eigenvalue weighted by Crippen LogP contribution is 2.23. The number of hydrogen-bond acceptors (Lipinski definition) is 6. The van der Waals surface area contributed by atoms with E-state index in [1.54, 1.807) is 6.20 Å². The van der Waals surface area contributed by atoms with Crippen LogP contribution in [0.5, 0.6) is 0 Å². The quantitative estimate of drug-likeness (QED) is 0.865. The van der Waals surface area contributed by atoms with Crippen LogP contribution in [0.25, 0.3) is 0 Å². The van der Waals surface area contributed by atoms with E-state index in [1.807, 2.05) is 31.2 Å². The van der Waals surface area contributed by atoms with Gasteiger partial charge in [0.05, 0.1) is 11.3 Å². The van der Waals surface area contributed by atoms with Crippen LogP contribution in [-0.2, 0) is 0 Å². The first-order valence-corrected chi connectivity index (χ1v) is 7.81. The van der Waals surface area contributed by atoms with Gasteiger partial charge in [-0.3, -0.25) is 0 Å². The number of aromatic nitrogens is 3. The van der Waals surface area contributed by atoms with Gasteiger partial charge in [-0.05, 0) is 44.0 Å². The molecular weight excluding hydrogens is 288 g/mol. The van der Waals surface area contributed by atoms with Crippen molar-refractivity contribution >= 4 is 11.6 Å². The molecule has 23 heavy (non-hydrogen) atoms. The third kappa shape index (κ3) is 3.39. The maximum Gasteiger partial charge on any atom is 0.151 e. The number of aryl methyl sites for hydroxylation is 1. The fourth-order valence-corrected chi connectivity index (χ4v) is 2.89. The lowest BCUT2D eigenvalue weighted by atomic mass is 10.0. The van der Waals surface area contributed by atoms with Gasteiger partial charge in [-0.1, -0.05) is 0 Å². The van der Waals surface area contributed by atoms with Crippen LogP contribution >= 0.6 is 0 Å². The van der Waals surface area contributed by atoms with Crippen molar-refractivity contribution in [3.05, 3.63) is 41.7 Å². The maximum absolute atomic E-state index is 8.87. The topological polar surface area (TPSA) is 68.9 Å². The zero-order chi connectivity index (χ0) is 16.2. The van der Waals surface area contributed by atoms with Crippen molar-refractivity contribution in [3.8, 4) is 6.07 Å². The van der Waals surface area contributed by atoms with Gasteiger partial charge in [-0.2, -0.15) is 10.4 Å². The Morgan fingerprint density at radius 1 is 1.26 bits per heavy atom. The molecule has 0 spiro atoms. The molecule has 1 aliphatic rings. The number of pyridine rings is 1. The summed E-state index contributed by atoms with van der Waals surface area (Å²) in [4.78, 5) is 8.86. The highest BCUT2D eigenvalue weighted by molar-refractivity contribution is 5.44. The number of rotatable bonds is 3. The molecular formula is C17H20N6. The monoisotopic (exact) mass is 308 g/mol. The average Bonchev–Trinajstić information content (AvgIpc) is 2.62. The molecule has 6 nitrogen and oxygen atoms in total. The van der Waals surface area contributed by atoms with Gasteiger partial charge in [0.15, 0.2) is 5.82 Å². The third-order valence-electron chi connectivity index (χ3n) is 4.29. The first kappa shape index (κ1) is 15.2. The van der Waals surface area contributed by atoms with Gasteiger partial charge < -0.3 is 9.80 Å². The summed E-state index contributed by atoms with van der Waals surface area (Å²) in [7, 11) is 2.06. The Balaban J connectivity index is 1.72. The molecule has 0 aromatic carbocycles. The lowest BCUT2D eigenvalue weighted by Crippen LogP contribution is -2.47. The summed E-state index contributed by atoms with van der Waals surface area (Å²) < 4.78 is 0. The van der Waals surface area contributed by atoms with Crippen LogP contribution in [0.1, 0.15) is 24.1 Å². The SMILES string of the molecule is Cc1ccc(N2CCC[C@@H](N(C)c3ccc(C#N)cn3)C2)nn1. The van der Waals surface area contributed by atoms with Crippen molar-refractivity contribution in [1.82, 2.24) is 15.2 Å². The van der Waals surface area contributed by atoms with Gasteiger partial charge >= 0.3 is 0 Å². The standard InChI is InChI=1S/C17H20N6/c1-13-5-7-17(21-20-13)23-9-3-4-15(12-23)22(2)16-8-6-14(10-18)11-19-16/h5-8,11,15H,3-4,9,12H2,1-2H3/t15-/m1/s1. The molecule has 0 aliphatic carbocycles. The van der Waals surface area contributed by atoms with Crippen LogP contribution in [0.4, 0.5) is 11.6 Å². The number of hydrogen-bond donors (Lipinski definition) is 0. The molecule has 1 fully saturated rings. The van der Waals surface area contributed by atoms with E-state index in [-0.39, 0.29) is 0 Å². The van der Waals surface area contributed by atoms with E-state index in [4.69, 9.17) is 5.26 Å². The van der Waals surface area contributed by atoms with Crippen molar-refractivity contribution in [2.75, 3.05) is 29.9 Å². The molecule has 1 aliphatic heterocycles. The Kier molecular flexibility index (Phi) is 4.38. The van der Waals surface area contributed by atoms with E-state index in [9.17, 15) is 0 Å². The van der Waals surface area contributed by atoms with Gasteiger partial charge in [0.1, 0.15) is 11.9 Å². The zero-order valence-electron chi connectivity index (χ0n) is 13.5. The van der Waals surface area contributed by atoms with Gasteiger partial charge in [-0.25, -0.2) is 4.98 Å². The number of nitrogens with zero attached hydrogens (tertiary/aromatic N) is 6. The van der Waals surface area contributed by atoms with Crippen LogP contribution in [0.3, 0.4) is 0 Å². The van der Waals surface area contributed by atoms with Crippen molar-refractivity contribution in [1.29, 1.82) is 5.26 Å². The minimum absolute atomic E-state index is 0.368. The van der Waals surface area contributed by atoms with Crippen molar-refractivity contribution < 1.29 is 0 Å². The van der Waals surface area contributed by atoms with E-state index in [1.165, 1.54) is 0 Å². The molecule has 3 heterocycles. The first-order valence-electron chi connectivity index (χ1n) is 7.81. The van der Waals surface area contributed by atoms with Crippen LogP contribution in [0.15, 0.2) is 30.5 Å². The van der Waals surface area contributed by atoms with Crippen molar-refractivity contribution in [2.24, 2.45) is 0 Å². The lowest BCUT2D eigenvalue weighted by molar-refractivity contribution is 0.482. The normalized spacial score (nSPS) is 17.6. The second kappa shape index (κ2) is 6.61. The van der Waals surface area contributed by atoms with E-state index < -0.39 is 0 Å². The van der Waals surface area contributed by atoms with Crippen LogP contribution < -0.4 is 9.80 Å². The van der Waals surface area contributed by atoms with E-state index in [0.717, 1.165) is 43.3 Å². The molecule has 118 valence electrons. The van der Waals surface area contributed by atoms with E-state index in [0.29, 0.717) is 11.6 Å². The Morgan fingerprint density at radius 3 is 2.78 bits per heavy atom. The zero-order valence-corrected chi connectivity index (χ0v) is 13.5. The Labute approximate surface area is 136 Å². The Bertz CT molecular complexity index is 689. The van der Waals surface area contributed by atoms with Crippen LogP contribution in [0.2, 0.25) is 0 Å². The summed E-state index contributed by atoms with van der Waals surface area (Å²) in [6.45, 7) is 3.85. The second-order valence-electron chi connectivity index (χ2n) is 5.90. The molecule has 0 unspecified atom stereocenters. The van der Waals surface area contributed by atoms with Gasteiger partial charge in [0.25, 0.3) is 0 Å². The third-order valence-corrected chi connectivity index (χ3v) is 4.29. The molecule has 0 amide bonds.